The normalized spacial score (nSPS) is 16.8. The quantitative estimate of drug-likeness (QED) is 0.887. The molecule has 1 aromatic carbocycles. The van der Waals surface area contributed by atoms with Crippen molar-refractivity contribution in [1.29, 1.82) is 0 Å². The molecule has 1 atom stereocenters. The summed E-state index contributed by atoms with van der Waals surface area (Å²) in [5.41, 5.74) is 2.65. The molecule has 1 aromatic heterocycles. The number of nitrogens with zero attached hydrogens (tertiary/aromatic N) is 2. The number of benzene rings is 1. The molecule has 5 nitrogen and oxygen atoms in total. The first-order chi connectivity index (χ1) is 11.7. The summed E-state index contributed by atoms with van der Waals surface area (Å²) in [6.07, 6.45) is 3.97. The molecule has 1 aliphatic heterocycles. The maximum Gasteiger partial charge on any atom is 0.269 e. The van der Waals surface area contributed by atoms with Gasteiger partial charge >= 0.3 is 0 Å². The Kier molecular flexibility index (Phi) is 5.43. The summed E-state index contributed by atoms with van der Waals surface area (Å²) in [5.74, 6) is -0.150. The number of anilines is 1. The third kappa shape index (κ3) is 4.32. The summed E-state index contributed by atoms with van der Waals surface area (Å²) in [6.45, 7) is 2.14. The average Bonchev–Trinajstić information content (AvgIpc) is 3.14. The van der Waals surface area contributed by atoms with E-state index in [4.69, 9.17) is 4.74 Å². The molecule has 1 N–H and O–H groups in total. The first-order valence-electron chi connectivity index (χ1n) is 8.33. The van der Waals surface area contributed by atoms with Gasteiger partial charge < -0.3 is 15.0 Å². The highest BCUT2D eigenvalue weighted by atomic mass is 16.5. The average molecular weight is 325 g/mol. The molecule has 2 heterocycles. The molecule has 1 amide bonds. The van der Waals surface area contributed by atoms with E-state index in [1.807, 2.05) is 31.3 Å². The number of hydrogen-bond acceptors (Lipinski definition) is 4. The van der Waals surface area contributed by atoms with Gasteiger partial charge in [-0.1, -0.05) is 30.3 Å². The number of hydrogen-bond donors (Lipinski definition) is 1. The molecule has 1 fully saturated rings. The van der Waals surface area contributed by atoms with Crippen molar-refractivity contribution in [3.8, 4) is 0 Å². The lowest BCUT2D eigenvalue weighted by Crippen LogP contribution is -2.32. The summed E-state index contributed by atoms with van der Waals surface area (Å²) in [4.78, 5) is 18.5. The summed E-state index contributed by atoms with van der Waals surface area (Å²) >= 11 is 0. The van der Waals surface area contributed by atoms with Crippen molar-refractivity contribution in [2.45, 2.75) is 25.5 Å². The number of carbonyl (C=O) groups is 1. The van der Waals surface area contributed by atoms with E-state index in [0.717, 1.165) is 31.7 Å². The molecule has 5 heteroatoms. The smallest absolute Gasteiger partial charge is 0.269 e. The number of pyridine rings is 1. The van der Waals surface area contributed by atoms with E-state index in [1.54, 1.807) is 12.3 Å². The summed E-state index contributed by atoms with van der Waals surface area (Å²) < 4.78 is 5.50. The second-order valence-corrected chi connectivity index (χ2v) is 6.09. The summed E-state index contributed by atoms with van der Waals surface area (Å²) in [7, 11) is 2.02. The molecule has 2 aromatic rings. The Balaban J connectivity index is 1.55. The maximum absolute atomic E-state index is 12.1. The van der Waals surface area contributed by atoms with Crippen LogP contribution in [-0.4, -0.2) is 37.2 Å². The van der Waals surface area contributed by atoms with Gasteiger partial charge in [-0.25, -0.2) is 4.98 Å². The second kappa shape index (κ2) is 7.93. The molecule has 1 unspecified atom stereocenters. The Morgan fingerprint density at radius 1 is 1.29 bits per heavy atom. The molecule has 0 saturated carbocycles. The fraction of sp³-hybridized carbons (Fsp3) is 0.368. The third-order valence-electron chi connectivity index (χ3n) is 4.20. The summed E-state index contributed by atoms with van der Waals surface area (Å²) in [5, 5.41) is 2.89. The van der Waals surface area contributed by atoms with Gasteiger partial charge in [0.25, 0.3) is 5.91 Å². The van der Waals surface area contributed by atoms with Crippen LogP contribution < -0.4 is 10.2 Å². The highest BCUT2D eigenvalue weighted by Crippen LogP contribution is 2.15. The SMILES string of the molecule is CN(Cc1ccccc1)c1ccc(C(=O)NCC2CCCO2)nc1. The van der Waals surface area contributed by atoms with E-state index in [2.05, 4.69) is 27.3 Å². The Hall–Kier alpha value is -2.40. The minimum Gasteiger partial charge on any atom is -0.376 e. The van der Waals surface area contributed by atoms with Gasteiger partial charge in [0.05, 0.1) is 18.0 Å². The van der Waals surface area contributed by atoms with Gasteiger partial charge in [0.2, 0.25) is 0 Å². The third-order valence-corrected chi connectivity index (χ3v) is 4.20. The molecule has 0 radical (unpaired) electrons. The number of rotatable bonds is 6. The van der Waals surface area contributed by atoms with Crippen molar-refractivity contribution in [3.05, 3.63) is 59.9 Å². The van der Waals surface area contributed by atoms with E-state index in [-0.39, 0.29) is 12.0 Å². The van der Waals surface area contributed by atoms with Crippen LogP contribution in [0.25, 0.3) is 0 Å². The van der Waals surface area contributed by atoms with E-state index in [9.17, 15) is 4.79 Å². The Morgan fingerprint density at radius 3 is 2.79 bits per heavy atom. The predicted octanol–water partition coefficient (Wildman–Crippen LogP) is 2.63. The predicted molar refractivity (Wildman–Crippen MR) is 94.1 cm³/mol. The van der Waals surface area contributed by atoms with Crippen LogP contribution >= 0.6 is 0 Å². The van der Waals surface area contributed by atoms with Crippen LogP contribution in [0.1, 0.15) is 28.9 Å². The highest BCUT2D eigenvalue weighted by Gasteiger charge is 2.17. The van der Waals surface area contributed by atoms with Crippen molar-refractivity contribution in [1.82, 2.24) is 10.3 Å². The Labute approximate surface area is 142 Å². The van der Waals surface area contributed by atoms with Crippen LogP contribution in [0.15, 0.2) is 48.7 Å². The lowest BCUT2D eigenvalue weighted by atomic mass is 10.2. The number of nitrogens with one attached hydrogen (secondary N) is 1. The Morgan fingerprint density at radius 2 is 2.12 bits per heavy atom. The minimum atomic E-state index is -0.150. The van der Waals surface area contributed by atoms with Crippen molar-refractivity contribution < 1.29 is 9.53 Å². The molecular formula is C19H23N3O2. The minimum absolute atomic E-state index is 0.144. The van der Waals surface area contributed by atoms with Gasteiger partial charge in [0.1, 0.15) is 5.69 Å². The number of aromatic nitrogens is 1. The van der Waals surface area contributed by atoms with Crippen LogP contribution in [0.5, 0.6) is 0 Å². The van der Waals surface area contributed by atoms with Gasteiger partial charge in [-0.15, -0.1) is 0 Å². The van der Waals surface area contributed by atoms with E-state index >= 15 is 0 Å². The van der Waals surface area contributed by atoms with Crippen molar-refractivity contribution in [3.63, 3.8) is 0 Å². The van der Waals surface area contributed by atoms with Gasteiger partial charge in [0.15, 0.2) is 0 Å². The standard InChI is InChI=1S/C19H23N3O2/c1-22(14-15-6-3-2-4-7-15)16-9-10-18(20-12-16)19(23)21-13-17-8-5-11-24-17/h2-4,6-7,9-10,12,17H,5,8,11,13-14H2,1H3,(H,21,23). The second-order valence-electron chi connectivity index (χ2n) is 6.09. The Bertz CT molecular complexity index is 652. The van der Waals surface area contributed by atoms with Crippen LogP contribution in [0, 0.1) is 0 Å². The molecule has 1 aliphatic rings. The van der Waals surface area contributed by atoms with Gasteiger partial charge in [-0.2, -0.15) is 0 Å². The molecule has 1 saturated heterocycles. The fourth-order valence-corrected chi connectivity index (χ4v) is 2.80. The number of amides is 1. The van der Waals surface area contributed by atoms with E-state index in [0.29, 0.717) is 12.2 Å². The topological polar surface area (TPSA) is 54.5 Å². The van der Waals surface area contributed by atoms with Gasteiger partial charge in [0, 0.05) is 26.7 Å². The molecule has 0 bridgehead atoms. The lowest BCUT2D eigenvalue weighted by molar-refractivity contribution is 0.0853. The lowest BCUT2D eigenvalue weighted by Gasteiger charge is -2.19. The van der Waals surface area contributed by atoms with Gasteiger partial charge in [-0.05, 0) is 30.5 Å². The van der Waals surface area contributed by atoms with Crippen molar-refractivity contribution in [2.24, 2.45) is 0 Å². The molecule has 3 rings (SSSR count). The zero-order chi connectivity index (χ0) is 16.8. The summed E-state index contributed by atoms with van der Waals surface area (Å²) in [6, 6.07) is 14.0. The monoisotopic (exact) mass is 325 g/mol. The fourth-order valence-electron chi connectivity index (χ4n) is 2.80. The van der Waals surface area contributed by atoms with Crippen LogP contribution in [0.3, 0.4) is 0 Å². The molecule has 0 aliphatic carbocycles. The molecule has 0 spiro atoms. The largest absolute Gasteiger partial charge is 0.376 e. The molecular weight excluding hydrogens is 302 g/mol. The zero-order valence-electron chi connectivity index (χ0n) is 13.9. The first kappa shape index (κ1) is 16.5. The molecule has 24 heavy (non-hydrogen) atoms. The first-order valence-corrected chi connectivity index (χ1v) is 8.33. The zero-order valence-corrected chi connectivity index (χ0v) is 13.9. The van der Waals surface area contributed by atoms with Crippen LogP contribution in [-0.2, 0) is 11.3 Å². The van der Waals surface area contributed by atoms with E-state index < -0.39 is 0 Å². The van der Waals surface area contributed by atoms with Gasteiger partial charge in [-0.3, -0.25) is 4.79 Å². The van der Waals surface area contributed by atoms with Crippen molar-refractivity contribution >= 4 is 11.6 Å². The van der Waals surface area contributed by atoms with E-state index in [1.165, 1.54) is 5.56 Å². The number of ether oxygens (including phenoxy) is 1. The number of carbonyl (C=O) groups excluding carboxylic acids is 1. The highest BCUT2D eigenvalue weighted by molar-refractivity contribution is 5.92. The molecule has 126 valence electrons. The van der Waals surface area contributed by atoms with Crippen molar-refractivity contribution in [2.75, 3.05) is 25.1 Å². The maximum atomic E-state index is 12.1. The van der Waals surface area contributed by atoms with Crippen LogP contribution in [0.4, 0.5) is 5.69 Å². The van der Waals surface area contributed by atoms with Crippen LogP contribution in [0.2, 0.25) is 0 Å².